The van der Waals surface area contributed by atoms with E-state index in [9.17, 15) is 9.59 Å². The summed E-state index contributed by atoms with van der Waals surface area (Å²) in [6, 6.07) is 12.0. The molecule has 0 bridgehead atoms. The van der Waals surface area contributed by atoms with Crippen LogP contribution in [0.3, 0.4) is 0 Å². The predicted octanol–water partition coefficient (Wildman–Crippen LogP) is 2.55. The van der Waals surface area contributed by atoms with Crippen molar-refractivity contribution < 1.29 is 9.59 Å². The maximum Gasteiger partial charge on any atom is 0.272 e. The van der Waals surface area contributed by atoms with Gasteiger partial charge in [0.1, 0.15) is 12.0 Å². The summed E-state index contributed by atoms with van der Waals surface area (Å²) in [6.45, 7) is 2.10. The number of likely N-dealkylation sites (tertiary alicyclic amines) is 2. The largest absolute Gasteiger partial charge is 0.337 e. The van der Waals surface area contributed by atoms with Crippen LogP contribution < -0.4 is 0 Å². The van der Waals surface area contributed by atoms with Gasteiger partial charge in [-0.25, -0.2) is 9.97 Å². The maximum absolute atomic E-state index is 13.1. The summed E-state index contributed by atoms with van der Waals surface area (Å²) in [7, 11) is 0. The van der Waals surface area contributed by atoms with Crippen LogP contribution >= 0.6 is 0 Å². The fourth-order valence-corrected chi connectivity index (χ4v) is 4.98. The Hall–Kier alpha value is -2.76. The van der Waals surface area contributed by atoms with E-state index in [-0.39, 0.29) is 23.8 Å². The van der Waals surface area contributed by atoms with Crippen molar-refractivity contribution in [2.45, 2.75) is 25.3 Å². The third-order valence-electron chi connectivity index (χ3n) is 6.63. The molecule has 6 heteroatoms. The fraction of sp³-hybridized carbons (Fsp3) is 0.455. The Morgan fingerprint density at radius 3 is 2.50 bits per heavy atom. The standard InChI is InChI=1S/C22H24N4O2/c27-21(16-7-4-8-16)26-12-17-11-25(22(28)19-9-10-23-14-24-19)13-18(17)20(26)15-5-2-1-3-6-15/h1-3,5-6,9-10,14,16-18,20H,4,7-8,11-13H2/t17-,18-,20+/m0/s1. The van der Waals surface area contributed by atoms with E-state index in [0.29, 0.717) is 30.6 Å². The molecule has 2 amide bonds. The third kappa shape index (κ3) is 2.87. The molecule has 0 N–H and O–H groups in total. The lowest BCUT2D eigenvalue weighted by Gasteiger charge is -2.35. The molecule has 3 aliphatic rings. The van der Waals surface area contributed by atoms with E-state index in [2.05, 4.69) is 27.0 Å². The Bertz CT molecular complexity index is 869. The molecular weight excluding hydrogens is 352 g/mol. The molecular formula is C22H24N4O2. The van der Waals surface area contributed by atoms with E-state index in [4.69, 9.17) is 0 Å². The Labute approximate surface area is 164 Å². The van der Waals surface area contributed by atoms with Crippen LogP contribution in [0.2, 0.25) is 0 Å². The van der Waals surface area contributed by atoms with Crippen LogP contribution in [0.5, 0.6) is 0 Å². The van der Waals surface area contributed by atoms with Crippen molar-refractivity contribution in [1.29, 1.82) is 0 Å². The Balaban J connectivity index is 1.40. The highest BCUT2D eigenvalue weighted by Crippen LogP contribution is 2.46. The molecule has 1 aromatic carbocycles. The molecule has 2 saturated heterocycles. The van der Waals surface area contributed by atoms with Gasteiger partial charge in [0.05, 0.1) is 6.04 Å². The van der Waals surface area contributed by atoms with Gasteiger partial charge in [0, 0.05) is 43.6 Å². The quantitative estimate of drug-likeness (QED) is 0.826. The molecule has 5 rings (SSSR count). The normalized spacial score (nSPS) is 26.8. The van der Waals surface area contributed by atoms with Crippen molar-refractivity contribution in [2.75, 3.05) is 19.6 Å². The van der Waals surface area contributed by atoms with E-state index in [1.54, 1.807) is 12.3 Å². The van der Waals surface area contributed by atoms with Crippen molar-refractivity contribution in [3.8, 4) is 0 Å². The zero-order chi connectivity index (χ0) is 19.1. The minimum absolute atomic E-state index is 0.0412. The Kier molecular flexibility index (Phi) is 4.34. The summed E-state index contributed by atoms with van der Waals surface area (Å²) >= 11 is 0. The molecule has 3 heterocycles. The van der Waals surface area contributed by atoms with Gasteiger partial charge in [-0.05, 0) is 24.5 Å². The molecule has 3 fully saturated rings. The van der Waals surface area contributed by atoms with E-state index in [0.717, 1.165) is 25.8 Å². The number of benzene rings is 1. The smallest absolute Gasteiger partial charge is 0.272 e. The summed E-state index contributed by atoms with van der Waals surface area (Å²) in [6.07, 6.45) is 6.21. The van der Waals surface area contributed by atoms with Crippen molar-refractivity contribution in [3.63, 3.8) is 0 Å². The highest BCUT2D eigenvalue weighted by atomic mass is 16.2. The summed E-state index contributed by atoms with van der Waals surface area (Å²) in [5, 5.41) is 0. The van der Waals surface area contributed by atoms with Crippen LogP contribution in [0, 0.1) is 17.8 Å². The molecule has 2 aromatic rings. The van der Waals surface area contributed by atoms with Gasteiger partial charge in [-0.1, -0.05) is 36.8 Å². The highest BCUT2D eigenvalue weighted by Gasteiger charge is 2.51. The van der Waals surface area contributed by atoms with Crippen molar-refractivity contribution in [1.82, 2.24) is 19.8 Å². The number of amides is 2. The number of rotatable bonds is 3. The summed E-state index contributed by atoms with van der Waals surface area (Å²) in [5.41, 5.74) is 1.62. The Morgan fingerprint density at radius 2 is 1.82 bits per heavy atom. The molecule has 2 aliphatic heterocycles. The first-order chi connectivity index (χ1) is 13.7. The minimum atomic E-state index is -0.0412. The van der Waals surface area contributed by atoms with Gasteiger partial charge in [-0.2, -0.15) is 0 Å². The molecule has 3 atom stereocenters. The van der Waals surface area contributed by atoms with Gasteiger partial charge in [0.15, 0.2) is 0 Å². The average molecular weight is 376 g/mol. The highest BCUT2D eigenvalue weighted by molar-refractivity contribution is 5.92. The minimum Gasteiger partial charge on any atom is -0.337 e. The summed E-state index contributed by atoms with van der Waals surface area (Å²) < 4.78 is 0. The van der Waals surface area contributed by atoms with Crippen molar-refractivity contribution in [3.05, 3.63) is 60.2 Å². The van der Waals surface area contributed by atoms with Gasteiger partial charge in [0.2, 0.25) is 5.91 Å². The van der Waals surface area contributed by atoms with Gasteiger partial charge >= 0.3 is 0 Å². The number of carbonyl (C=O) groups excluding carboxylic acids is 2. The lowest BCUT2D eigenvalue weighted by atomic mass is 9.83. The third-order valence-corrected chi connectivity index (χ3v) is 6.63. The maximum atomic E-state index is 13.1. The van der Waals surface area contributed by atoms with E-state index in [1.165, 1.54) is 11.9 Å². The molecule has 0 radical (unpaired) electrons. The van der Waals surface area contributed by atoms with Gasteiger partial charge in [-0.15, -0.1) is 0 Å². The van der Waals surface area contributed by atoms with Crippen molar-refractivity contribution >= 4 is 11.8 Å². The van der Waals surface area contributed by atoms with Gasteiger partial charge < -0.3 is 9.80 Å². The average Bonchev–Trinajstić information content (AvgIpc) is 3.25. The van der Waals surface area contributed by atoms with E-state index < -0.39 is 0 Å². The first-order valence-electron chi connectivity index (χ1n) is 10.1. The molecule has 1 aliphatic carbocycles. The Morgan fingerprint density at radius 1 is 1.00 bits per heavy atom. The van der Waals surface area contributed by atoms with Crippen LogP contribution in [0.25, 0.3) is 0 Å². The number of fused-ring (bicyclic) bond motifs is 1. The van der Waals surface area contributed by atoms with Crippen molar-refractivity contribution in [2.24, 2.45) is 17.8 Å². The first kappa shape index (κ1) is 17.3. The topological polar surface area (TPSA) is 66.4 Å². The first-order valence-corrected chi connectivity index (χ1v) is 10.1. The monoisotopic (exact) mass is 376 g/mol. The van der Waals surface area contributed by atoms with Crippen LogP contribution in [0.4, 0.5) is 0 Å². The molecule has 6 nitrogen and oxygen atoms in total. The number of carbonyl (C=O) groups is 2. The zero-order valence-corrected chi connectivity index (χ0v) is 15.8. The predicted molar refractivity (Wildman–Crippen MR) is 103 cm³/mol. The van der Waals surface area contributed by atoms with Gasteiger partial charge in [0.25, 0.3) is 5.91 Å². The van der Waals surface area contributed by atoms with Gasteiger partial charge in [-0.3, -0.25) is 9.59 Å². The molecule has 144 valence electrons. The second kappa shape index (κ2) is 7.00. The van der Waals surface area contributed by atoms with Crippen LogP contribution in [0.1, 0.15) is 41.4 Å². The van der Waals surface area contributed by atoms with Crippen LogP contribution in [0.15, 0.2) is 48.9 Å². The lowest BCUT2D eigenvalue weighted by Crippen LogP contribution is -2.41. The van der Waals surface area contributed by atoms with Crippen LogP contribution in [-0.2, 0) is 4.79 Å². The number of hydrogen-bond acceptors (Lipinski definition) is 4. The second-order valence-corrected chi connectivity index (χ2v) is 8.20. The van der Waals surface area contributed by atoms with E-state index in [1.807, 2.05) is 23.1 Å². The zero-order valence-electron chi connectivity index (χ0n) is 15.8. The number of aromatic nitrogens is 2. The fourth-order valence-electron chi connectivity index (χ4n) is 4.98. The molecule has 0 unspecified atom stereocenters. The molecule has 28 heavy (non-hydrogen) atoms. The second-order valence-electron chi connectivity index (χ2n) is 8.20. The SMILES string of the molecule is O=C(c1ccncn1)N1C[C@H]2CN(C(=O)C3CCC3)[C@H](c3ccccc3)[C@H]2C1. The van der Waals surface area contributed by atoms with Crippen LogP contribution in [-0.4, -0.2) is 51.2 Å². The summed E-state index contributed by atoms with van der Waals surface area (Å²) in [4.78, 5) is 38.0. The number of hydrogen-bond donors (Lipinski definition) is 0. The van der Waals surface area contributed by atoms with E-state index >= 15 is 0 Å². The molecule has 0 spiro atoms. The summed E-state index contributed by atoms with van der Waals surface area (Å²) in [5.74, 6) is 1.06. The molecule has 1 saturated carbocycles. The number of nitrogens with zero attached hydrogens (tertiary/aromatic N) is 4. The molecule has 1 aromatic heterocycles. The lowest BCUT2D eigenvalue weighted by molar-refractivity contribution is -0.139.